The molecule has 0 unspecified atom stereocenters. The van der Waals surface area contributed by atoms with Crippen molar-refractivity contribution in [2.24, 2.45) is 0 Å². The number of halogens is 3. The number of aromatic nitrogens is 2. The van der Waals surface area contributed by atoms with Crippen molar-refractivity contribution >= 4 is 30.1 Å². The largest absolute Gasteiger partial charge is 1.00 e. The number of rotatable bonds is 5. The number of hydrogen-bond acceptors (Lipinski definition) is 6. The van der Waals surface area contributed by atoms with E-state index in [-0.39, 0.29) is 67.0 Å². The van der Waals surface area contributed by atoms with E-state index in [4.69, 9.17) is 0 Å². The molecule has 1 aliphatic heterocycles. The second-order valence-electron chi connectivity index (χ2n) is 8.03. The monoisotopic (exact) mass is 519 g/mol. The first-order chi connectivity index (χ1) is 16.4. The van der Waals surface area contributed by atoms with E-state index in [1.807, 2.05) is 25.8 Å². The van der Waals surface area contributed by atoms with Gasteiger partial charge in [-0.1, -0.05) is 25.6 Å². The second-order valence-corrected chi connectivity index (χ2v) is 8.97. The van der Waals surface area contributed by atoms with Crippen molar-refractivity contribution in [2.45, 2.75) is 44.4 Å². The summed E-state index contributed by atoms with van der Waals surface area (Å²) in [4.78, 5) is 10.1. The number of nitrogens with one attached hydrogen (secondary N) is 2. The summed E-state index contributed by atoms with van der Waals surface area (Å²) in [6.07, 6.45) is 1.26. The van der Waals surface area contributed by atoms with E-state index in [2.05, 4.69) is 67.0 Å². The molecule has 0 spiro atoms. The molecule has 2 N–H and O–H groups in total. The maximum atomic E-state index is 14.8. The Hall–Kier alpha value is -1.07. The van der Waals surface area contributed by atoms with Crippen molar-refractivity contribution in [2.75, 3.05) is 30.8 Å². The molecule has 11 heteroatoms. The molecule has 1 aromatic heterocycles. The van der Waals surface area contributed by atoms with Crippen molar-refractivity contribution in [3.05, 3.63) is 80.7 Å². The van der Waals surface area contributed by atoms with Crippen LogP contribution in [0, 0.1) is 39.6 Å². The quantitative estimate of drug-likeness (QED) is 0.250. The first-order valence-corrected chi connectivity index (χ1v) is 11.6. The first-order valence-electron chi connectivity index (χ1n) is 11.1. The van der Waals surface area contributed by atoms with Gasteiger partial charge in [0.25, 0.3) is 5.92 Å². The molecule has 37 heavy (non-hydrogen) atoms. The predicted octanol–water partition coefficient (Wildman–Crippen LogP) is -0.0437. The van der Waals surface area contributed by atoms with Gasteiger partial charge in [0.15, 0.2) is 0 Å². The molecular formula is C26H34F3Li2N5S-4. The van der Waals surface area contributed by atoms with Crippen LogP contribution in [0.15, 0.2) is 35.5 Å². The summed E-state index contributed by atoms with van der Waals surface area (Å²) in [5, 5.41) is 6.08. The summed E-state index contributed by atoms with van der Waals surface area (Å²) in [5.74, 6) is -3.74. The Bertz CT molecular complexity index is 970. The van der Waals surface area contributed by atoms with Crippen LogP contribution >= 0.6 is 0 Å². The number of alkyl halides is 2. The van der Waals surface area contributed by atoms with Crippen LogP contribution in [0.4, 0.5) is 30.6 Å². The Labute approximate surface area is 250 Å². The van der Waals surface area contributed by atoms with Crippen LogP contribution in [-0.2, 0) is 18.6 Å². The van der Waals surface area contributed by atoms with E-state index in [1.165, 1.54) is 19.1 Å². The van der Waals surface area contributed by atoms with Crippen molar-refractivity contribution in [3.8, 4) is 0 Å². The molecule has 0 saturated heterocycles. The Morgan fingerprint density at radius 2 is 1.81 bits per heavy atom. The maximum absolute atomic E-state index is 14.8. The van der Waals surface area contributed by atoms with E-state index in [0.29, 0.717) is 16.5 Å². The fourth-order valence-corrected chi connectivity index (χ4v) is 2.82. The zero-order valence-electron chi connectivity index (χ0n) is 22.8. The van der Waals surface area contributed by atoms with E-state index in [1.54, 1.807) is 6.07 Å². The summed E-state index contributed by atoms with van der Waals surface area (Å²) in [7, 11) is 1.99. The van der Waals surface area contributed by atoms with Crippen molar-refractivity contribution in [1.29, 1.82) is 0 Å². The smallest absolute Gasteiger partial charge is 0.790 e. The molecule has 0 bridgehead atoms. The molecule has 0 aliphatic carbocycles. The zero-order chi connectivity index (χ0) is 26.8. The average Bonchev–Trinajstić information content (AvgIpc) is 2.85. The Morgan fingerprint density at radius 3 is 2.27 bits per heavy atom. The third kappa shape index (κ3) is 12.1. The van der Waals surface area contributed by atoms with Gasteiger partial charge in [-0.2, -0.15) is 31.5 Å². The number of hydrogen-bond donors (Lipinski definition) is 2. The van der Waals surface area contributed by atoms with Crippen molar-refractivity contribution in [3.63, 3.8) is 0 Å². The van der Waals surface area contributed by atoms with Gasteiger partial charge in [-0.15, -0.1) is 36.9 Å². The average molecular weight is 520 g/mol. The fraction of sp³-hybridized carbons (Fsp3) is 0.385. The van der Waals surface area contributed by atoms with Gasteiger partial charge in [-0.3, -0.25) is 0 Å². The molecule has 3 rings (SSSR count). The van der Waals surface area contributed by atoms with E-state index >= 15 is 0 Å². The van der Waals surface area contributed by atoms with Crippen LogP contribution in [-0.4, -0.2) is 46.3 Å². The molecule has 1 aliphatic rings. The molecule has 0 radical (unpaired) electrons. The minimum Gasteiger partial charge on any atom is -0.790 e. The summed E-state index contributed by atoms with van der Waals surface area (Å²) < 4.78 is 42.7. The van der Waals surface area contributed by atoms with Gasteiger partial charge in [-0.05, 0) is 19.5 Å². The van der Waals surface area contributed by atoms with Crippen LogP contribution in [0.5, 0.6) is 0 Å². The number of fused-ring (bicyclic) bond motifs is 1. The molecule has 2 aromatic rings. The number of benzene rings is 1. The van der Waals surface area contributed by atoms with E-state index in [0.717, 1.165) is 19.3 Å². The first kappa shape index (κ1) is 38.1. The van der Waals surface area contributed by atoms with Crippen LogP contribution in [0.25, 0.3) is 0 Å². The molecule has 1 aromatic carbocycles. The Balaban J connectivity index is 0. The third-order valence-corrected chi connectivity index (χ3v) is 4.87. The van der Waals surface area contributed by atoms with Crippen LogP contribution in [0.3, 0.4) is 0 Å². The SMILES string of the molecule is CC(C)[S-].[CH2-]CC1=C(C)C(F)(F)c2cnc(Nc3cc[c-]c(F)c3)nc2N[C@H]1[CH2-].[CH2-]CN(C)C[CH2-].[Li+].[Li+]. The summed E-state index contributed by atoms with van der Waals surface area (Å²) in [5.41, 5.74) is 0.382. The topological polar surface area (TPSA) is 53.1 Å². The molecule has 0 saturated carbocycles. The Kier molecular flexibility index (Phi) is 18.8. The predicted molar refractivity (Wildman–Crippen MR) is 141 cm³/mol. The van der Waals surface area contributed by atoms with Crippen LogP contribution in [0.2, 0.25) is 0 Å². The van der Waals surface area contributed by atoms with Gasteiger partial charge >= 0.3 is 37.7 Å². The van der Waals surface area contributed by atoms with Gasteiger partial charge in [-0.25, -0.2) is 9.37 Å². The van der Waals surface area contributed by atoms with Gasteiger partial charge in [0.2, 0.25) is 5.95 Å². The number of nitrogens with zero attached hydrogens (tertiary/aromatic N) is 3. The van der Waals surface area contributed by atoms with Gasteiger partial charge in [0.05, 0.1) is 5.56 Å². The number of anilines is 3. The van der Waals surface area contributed by atoms with E-state index < -0.39 is 17.8 Å². The standard InChI is InChI=1S/C18H16F3N4.C5H11N.C3H8S.2Li/c1-4-14-10(2)18(20,21)15-9-22-17(25-16(15)23-11(14)3)24-13-7-5-6-12(19)8-13;1-4-6(3)5-2;1-3(2)4;;/h5,7-9,11H,1,3-4H2,2H3,(H2,22,23,24,25);1-2,4-5H2,3H3;3-4H,1-2H3;;/q-3;-2;;2*+1/p-1/t11-;;;;/m0..../s1. The summed E-state index contributed by atoms with van der Waals surface area (Å²) >= 11 is 4.62. The van der Waals surface area contributed by atoms with Gasteiger partial charge in [0, 0.05) is 12.0 Å². The van der Waals surface area contributed by atoms with Crippen LogP contribution in [0.1, 0.15) is 32.8 Å². The maximum Gasteiger partial charge on any atom is 1.00 e. The fourth-order valence-electron chi connectivity index (χ4n) is 2.82. The normalized spacial score (nSPS) is 15.5. The molecule has 5 nitrogen and oxygen atoms in total. The number of allylic oxidation sites excluding steroid dienone is 1. The Morgan fingerprint density at radius 1 is 1.24 bits per heavy atom. The van der Waals surface area contributed by atoms with Crippen molar-refractivity contribution < 1.29 is 50.9 Å². The summed E-state index contributed by atoms with van der Waals surface area (Å²) in [6, 6.07) is 5.95. The zero-order valence-corrected chi connectivity index (χ0v) is 23.6. The molecule has 1 atom stereocenters. The molecular weight excluding hydrogens is 485 g/mol. The minimum absolute atomic E-state index is 0. The molecule has 2 heterocycles. The van der Waals surface area contributed by atoms with Crippen molar-refractivity contribution in [1.82, 2.24) is 14.9 Å². The molecule has 196 valence electrons. The minimum atomic E-state index is -3.23. The summed E-state index contributed by atoms with van der Waals surface area (Å²) in [6.45, 7) is 21.9. The third-order valence-electron chi connectivity index (χ3n) is 4.87. The molecule has 0 fully saturated rings. The van der Waals surface area contributed by atoms with Gasteiger partial charge < -0.3 is 55.9 Å². The van der Waals surface area contributed by atoms with Crippen LogP contribution < -0.4 is 48.4 Å². The second kappa shape index (κ2) is 18.3. The molecule has 0 amide bonds. The van der Waals surface area contributed by atoms with E-state index in [9.17, 15) is 13.2 Å². The van der Waals surface area contributed by atoms with Gasteiger partial charge in [0.1, 0.15) is 5.82 Å².